The molecule has 1 aliphatic heterocycles. The van der Waals surface area contributed by atoms with E-state index in [2.05, 4.69) is 40.6 Å². The standard InChI is InChI=1S/C16H21N5/c1-10(2)15-17-7-13-8-21(6-5-14(13)20-15)16-11(3)12(4)18-9-19-16/h7,9-10H,5-6,8H2,1-4H3. The highest BCUT2D eigenvalue weighted by Crippen LogP contribution is 2.25. The molecule has 3 rings (SSSR count). The van der Waals surface area contributed by atoms with Gasteiger partial charge in [0.05, 0.1) is 5.69 Å². The molecule has 1 aliphatic rings. The zero-order chi connectivity index (χ0) is 15.0. The maximum Gasteiger partial charge on any atom is 0.135 e. The Balaban J connectivity index is 1.89. The third-order valence-corrected chi connectivity index (χ3v) is 4.08. The van der Waals surface area contributed by atoms with Crippen LogP contribution in [0.3, 0.4) is 0 Å². The first kappa shape index (κ1) is 13.9. The van der Waals surface area contributed by atoms with Gasteiger partial charge in [-0.2, -0.15) is 0 Å². The van der Waals surface area contributed by atoms with Crippen molar-refractivity contribution >= 4 is 5.82 Å². The van der Waals surface area contributed by atoms with Gasteiger partial charge in [-0.05, 0) is 13.8 Å². The third-order valence-electron chi connectivity index (χ3n) is 4.08. The van der Waals surface area contributed by atoms with Gasteiger partial charge in [-0.1, -0.05) is 13.8 Å². The monoisotopic (exact) mass is 283 g/mol. The molecule has 0 N–H and O–H groups in total. The summed E-state index contributed by atoms with van der Waals surface area (Å²) in [4.78, 5) is 20.2. The van der Waals surface area contributed by atoms with Crippen molar-refractivity contribution in [2.24, 2.45) is 0 Å². The molecule has 0 amide bonds. The minimum atomic E-state index is 0.375. The van der Waals surface area contributed by atoms with Gasteiger partial charge in [0.2, 0.25) is 0 Å². The molecule has 0 atom stereocenters. The minimum Gasteiger partial charge on any atom is -0.351 e. The van der Waals surface area contributed by atoms with E-state index in [1.165, 1.54) is 11.3 Å². The molecular formula is C16H21N5. The first-order valence-corrected chi connectivity index (χ1v) is 7.44. The summed E-state index contributed by atoms with van der Waals surface area (Å²) >= 11 is 0. The molecule has 0 saturated carbocycles. The SMILES string of the molecule is Cc1ncnc(N2CCc3nc(C(C)C)ncc3C2)c1C. The van der Waals surface area contributed by atoms with Crippen LogP contribution in [0.1, 0.15) is 48.1 Å². The fourth-order valence-corrected chi connectivity index (χ4v) is 2.63. The van der Waals surface area contributed by atoms with Crippen molar-refractivity contribution in [1.82, 2.24) is 19.9 Å². The first-order valence-electron chi connectivity index (χ1n) is 7.44. The molecule has 5 nitrogen and oxygen atoms in total. The smallest absolute Gasteiger partial charge is 0.135 e. The molecule has 2 aromatic heterocycles. The highest BCUT2D eigenvalue weighted by Gasteiger charge is 2.21. The summed E-state index contributed by atoms with van der Waals surface area (Å²) in [6.07, 6.45) is 4.57. The zero-order valence-electron chi connectivity index (χ0n) is 13.1. The fraction of sp³-hybridized carbons (Fsp3) is 0.500. The van der Waals surface area contributed by atoms with E-state index < -0.39 is 0 Å². The lowest BCUT2D eigenvalue weighted by Gasteiger charge is -2.30. The van der Waals surface area contributed by atoms with E-state index in [9.17, 15) is 0 Å². The molecule has 0 radical (unpaired) electrons. The predicted octanol–water partition coefficient (Wildman–Crippen LogP) is 2.57. The van der Waals surface area contributed by atoms with Crippen molar-refractivity contribution in [2.45, 2.75) is 46.6 Å². The van der Waals surface area contributed by atoms with Gasteiger partial charge in [0, 0.05) is 48.4 Å². The van der Waals surface area contributed by atoms with Crippen LogP contribution in [0.2, 0.25) is 0 Å². The molecule has 0 unspecified atom stereocenters. The Labute approximate surface area is 125 Å². The van der Waals surface area contributed by atoms with Crippen molar-refractivity contribution in [2.75, 3.05) is 11.4 Å². The minimum absolute atomic E-state index is 0.375. The molecular weight excluding hydrogens is 262 g/mol. The quantitative estimate of drug-likeness (QED) is 0.848. The van der Waals surface area contributed by atoms with E-state index >= 15 is 0 Å². The van der Waals surface area contributed by atoms with Gasteiger partial charge >= 0.3 is 0 Å². The molecule has 0 spiro atoms. The summed E-state index contributed by atoms with van der Waals surface area (Å²) in [5.74, 6) is 2.34. The molecule has 5 heteroatoms. The number of hydrogen-bond donors (Lipinski definition) is 0. The summed E-state index contributed by atoms with van der Waals surface area (Å²) in [7, 11) is 0. The Morgan fingerprint density at radius 3 is 2.71 bits per heavy atom. The lowest BCUT2D eigenvalue weighted by Crippen LogP contribution is -2.32. The number of anilines is 1. The van der Waals surface area contributed by atoms with Gasteiger partial charge in [0.25, 0.3) is 0 Å². The summed E-state index contributed by atoms with van der Waals surface area (Å²) in [6.45, 7) is 10.1. The lowest BCUT2D eigenvalue weighted by atomic mass is 10.1. The number of hydrogen-bond acceptors (Lipinski definition) is 5. The molecule has 0 fully saturated rings. The van der Waals surface area contributed by atoms with Crippen LogP contribution in [0.15, 0.2) is 12.5 Å². The van der Waals surface area contributed by atoms with Crippen molar-refractivity contribution < 1.29 is 0 Å². The van der Waals surface area contributed by atoms with Gasteiger partial charge in [0.1, 0.15) is 18.0 Å². The number of aromatic nitrogens is 4. The topological polar surface area (TPSA) is 54.8 Å². The Bertz CT molecular complexity index is 666. The van der Waals surface area contributed by atoms with Gasteiger partial charge in [-0.15, -0.1) is 0 Å². The Morgan fingerprint density at radius 1 is 1.14 bits per heavy atom. The van der Waals surface area contributed by atoms with Crippen LogP contribution in [0.25, 0.3) is 0 Å². The number of aryl methyl sites for hydroxylation is 1. The van der Waals surface area contributed by atoms with Crippen molar-refractivity contribution in [1.29, 1.82) is 0 Å². The number of nitrogens with zero attached hydrogens (tertiary/aromatic N) is 5. The molecule has 3 heterocycles. The third kappa shape index (κ3) is 2.60. The molecule has 0 aliphatic carbocycles. The highest BCUT2D eigenvalue weighted by atomic mass is 15.2. The summed E-state index contributed by atoms with van der Waals surface area (Å²) in [5, 5.41) is 0. The van der Waals surface area contributed by atoms with E-state index in [4.69, 9.17) is 4.98 Å². The van der Waals surface area contributed by atoms with Crippen molar-refractivity contribution in [3.8, 4) is 0 Å². The second kappa shape index (κ2) is 5.39. The Kier molecular flexibility index (Phi) is 3.57. The summed E-state index contributed by atoms with van der Waals surface area (Å²) < 4.78 is 0. The zero-order valence-corrected chi connectivity index (χ0v) is 13.1. The van der Waals surface area contributed by atoms with E-state index in [0.717, 1.165) is 42.4 Å². The summed E-state index contributed by atoms with van der Waals surface area (Å²) in [6, 6.07) is 0. The Morgan fingerprint density at radius 2 is 1.95 bits per heavy atom. The lowest BCUT2D eigenvalue weighted by molar-refractivity contribution is 0.668. The average Bonchev–Trinajstić information content (AvgIpc) is 2.49. The van der Waals surface area contributed by atoms with Crippen LogP contribution < -0.4 is 4.90 Å². The molecule has 0 saturated heterocycles. The fourth-order valence-electron chi connectivity index (χ4n) is 2.63. The van der Waals surface area contributed by atoms with Gasteiger partial charge in [-0.25, -0.2) is 19.9 Å². The Hall–Kier alpha value is -2.04. The molecule has 2 aromatic rings. The van der Waals surface area contributed by atoms with Crippen LogP contribution in [-0.2, 0) is 13.0 Å². The molecule has 21 heavy (non-hydrogen) atoms. The van der Waals surface area contributed by atoms with Gasteiger partial charge < -0.3 is 4.90 Å². The van der Waals surface area contributed by atoms with Crippen LogP contribution >= 0.6 is 0 Å². The van der Waals surface area contributed by atoms with Crippen LogP contribution in [0.5, 0.6) is 0 Å². The maximum absolute atomic E-state index is 4.71. The molecule has 0 bridgehead atoms. The van der Waals surface area contributed by atoms with Gasteiger partial charge in [-0.3, -0.25) is 0 Å². The molecule has 0 aromatic carbocycles. The number of rotatable bonds is 2. The van der Waals surface area contributed by atoms with Crippen LogP contribution in [-0.4, -0.2) is 26.5 Å². The second-order valence-electron chi connectivity index (χ2n) is 5.93. The predicted molar refractivity (Wildman–Crippen MR) is 82.4 cm³/mol. The first-order chi connectivity index (χ1) is 10.1. The average molecular weight is 283 g/mol. The van der Waals surface area contributed by atoms with E-state index in [0.29, 0.717) is 5.92 Å². The highest BCUT2D eigenvalue weighted by molar-refractivity contribution is 5.49. The van der Waals surface area contributed by atoms with E-state index in [1.807, 2.05) is 13.1 Å². The van der Waals surface area contributed by atoms with Crippen LogP contribution in [0, 0.1) is 13.8 Å². The largest absolute Gasteiger partial charge is 0.351 e. The van der Waals surface area contributed by atoms with Crippen LogP contribution in [0.4, 0.5) is 5.82 Å². The van der Waals surface area contributed by atoms with E-state index in [1.54, 1.807) is 6.33 Å². The van der Waals surface area contributed by atoms with Crippen molar-refractivity contribution in [3.05, 3.63) is 40.9 Å². The van der Waals surface area contributed by atoms with Crippen molar-refractivity contribution in [3.63, 3.8) is 0 Å². The summed E-state index contributed by atoms with van der Waals surface area (Å²) in [5.41, 5.74) is 4.59. The maximum atomic E-state index is 4.71. The number of fused-ring (bicyclic) bond motifs is 1. The van der Waals surface area contributed by atoms with Gasteiger partial charge in [0.15, 0.2) is 0 Å². The van der Waals surface area contributed by atoms with E-state index in [-0.39, 0.29) is 0 Å². The molecule has 110 valence electrons. The normalized spacial score (nSPS) is 14.4. The second-order valence-corrected chi connectivity index (χ2v) is 5.93.